The lowest BCUT2D eigenvalue weighted by Crippen LogP contribution is -2.11. The molecule has 2 nitrogen and oxygen atoms in total. The van der Waals surface area contributed by atoms with Gasteiger partial charge in [0.2, 0.25) is 0 Å². The molecule has 2 rings (SSSR count). The van der Waals surface area contributed by atoms with Crippen LogP contribution in [0.1, 0.15) is 61.5 Å². The number of halogens is 1. The Bertz CT molecular complexity index is 349. The van der Waals surface area contributed by atoms with E-state index in [1.165, 1.54) is 49.8 Å². The summed E-state index contributed by atoms with van der Waals surface area (Å²) in [6.45, 7) is 4.22. The lowest BCUT2D eigenvalue weighted by Gasteiger charge is -2.16. The minimum absolute atomic E-state index is 0.588. The Morgan fingerprint density at radius 2 is 1.81 bits per heavy atom. The number of nitrogens with zero attached hydrogens (tertiary/aromatic N) is 2. The van der Waals surface area contributed by atoms with Gasteiger partial charge < -0.3 is 0 Å². The van der Waals surface area contributed by atoms with Crippen LogP contribution in [-0.2, 0) is 5.88 Å². The van der Waals surface area contributed by atoms with Crippen LogP contribution in [0.5, 0.6) is 0 Å². The van der Waals surface area contributed by atoms with Gasteiger partial charge in [-0.15, -0.1) is 11.6 Å². The highest BCUT2D eigenvalue weighted by Crippen LogP contribution is 2.29. The van der Waals surface area contributed by atoms with E-state index in [2.05, 4.69) is 23.6 Å². The third-order valence-electron chi connectivity index (χ3n) is 3.78. The van der Waals surface area contributed by atoms with Crippen molar-refractivity contribution in [2.75, 3.05) is 0 Å². The van der Waals surface area contributed by atoms with Crippen LogP contribution in [-0.4, -0.2) is 9.78 Å². The summed E-state index contributed by atoms with van der Waals surface area (Å²) in [5, 5.41) is 4.68. The Balaban J connectivity index is 2.24. The highest BCUT2D eigenvalue weighted by atomic mass is 35.5. The van der Waals surface area contributed by atoms with Gasteiger partial charge in [0.05, 0.1) is 17.6 Å². The van der Waals surface area contributed by atoms with Gasteiger partial charge in [0, 0.05) is 11.3 Å². The van der Waals surface area contributed by atoms with Crippen molar-refractivity contribution >= 4 is 11.6 Å². The van der Waals surface area contributed by atoms with Gasteiger partial charge in [0.25, 0.3) is 0 Å². The van der Waals surface area contributed by atoms with E-state index in [1.54, 1.807) is 0 Å². The monoisotopic (exact) mass is 240 g/mol. The zero-order valence-electron chi connectivity index (χ0n) is 10.3. The predicted octanol–water partition coefficient (Wildman–Crippen LogP) is 4.13. The molecule has 1 aromatic rings. The third kappa shape index (κ3) is 2.27. The molecule has 16 heavy (non-hydrogen) atoms. The van der Waals surface area contributed by atoms with E-state index < -0.39 is 0 Å². The Morgan fingerprint density at radius 3 is 2.31 bits per heavy atom. The maximum Gasteiger partial charge on any atom is 0.0640 e. The van der Waals surface area contributed by atoms with Gasteiger partial charge in [0.15, 0.2) is 0 Å². The second-order valence-corrected chi connectivity index (χ2v) is 5.14. The molecule has 0 aromatic carbocycles. The predicted molar refractivity (Wildman–Crippen MR) is 68.0 cm³/mol. The summed E-state index contributed by atoms with van der Waals surface area (Å²) in [5.74, 6) is 0.588. The largest absolute Gasteiger partial charge is 0.266 e. The van der Waals surface area contributed by atoms with E-state index in [-0.39, 0.29) is 0 Å². The lowest BCUT2D eigenvalue weighted by atomic mass is 10.1. The molecule has 0 spiro atoms. The molecule has 90 valence electrons. The van der Waals surface area contributed by atoms with Crippen LogP contribution < -0.4 is 0 Å². The molecule has 0 amide bonds. The Morgan fingerprint density at radius 1 is 1.19 bits per heavy atom. The normalized spacial score (nSPS) is 18.7. The van der Waals surface area contributed by atoms with Crippen LogP contribution in [0.2, 0.25) is 0 Å². The summed E-state index contributed by atoms with van der Waals surface area (Å²) >= 11 is 5.97. The number of rotatable bonds is 2. The fraction of sp³-hybridized carbons (Fsp3) is 0.769. The van der Waals surface area contributed by atoms with E-state index in [4.69, 9.17) is 11.6 Å². The van der Waals surface area contributed by atoms with Gasteiger partial charge in [-0.2, -0.15) is 5.10 Å². The second kappa shape index (κ2) is 5.22. The smallest absolute Gasteiger partial charge is 0.0640 e. The zero-order chi connectivity index (χ0) is 11.5. The van der Waals surface area contributed by atoms with Crippen LogP contribution in [0.4, 0.5) is 0 Å². The molecule has 1 heterocycles. The van der Waals surface area contributed by atoms with Gasteiger partial charge >= 0.3 is 0 Å². The molecular formula is C13H21ClN2. The third-order valence-corrected chi connectivity index (χ3v) is 4.05. The minimum Gasteiger partial charge on any atom is -0.266 e. The maximum absolute atomic E-state index is 5.97. The van der Waals surface area contributed by atoms with Crippen LogP contribution in [0.25, 0.3) is 0 Å². The van der Waals surface area contributed by atoms with Crippen molar-refractivity contribution in [2.45, 2.75) is 64.3 Å². The number of aromatic nitrogens is 2. The minimum atomic E-state index is 0.588. The molecule has 0 atom stereocenters. The second-order valence-electron chi connectivity index (χ2n) is 4.87. The lowest BCUT2D eigenvalue weighted by molar-refractivity contribution is 0.396. The fourth-order valence-corrected chi connectivity index (χ4v) is 3.14. The molecule has 0 N–H and O–H groups in total. The van der Waals surface area contributed by atoms with Gasteiger partial charge in [-0.1, -0.05) is 25.7 Å². The molecule has 1 fully saturated rings. The quantitative estimate of drug-likeness (QED) is 0.561. The molecule has 0 saturated heterocycles. The average Bonchev–Trinajstić information content (AvgIpc) is 2.49. The van der Waals surface area contributed by atoms with Crippen molar-refractivity contribution < 1.29 is 0 Å². The number of aryl methyl sites for hydroxylation is 1. The average molecular weight is 241 g/mol. The Kier molecular flexibility index (Phi) is 3.91. The van der Waals surface area contributed by atoms with Crippen LogP contribution in [0, 0.1) is 13.8 Å². The van der Waals surface area contributed by atoms with Gasteiger partial charge in [-0.3, -0.25) is 4.68 Å². The first-order chi connectivity index (χ1) is 7.74. The summed E-state index contributed by atoms with van der Waals surface area (Å²) < 4.78 is 2.23. The first kappa shape index (κ1) is 12.0. The summed E-state index contributed by atoms with van der Waals surface area (Å²) in [6, 6.07) is 0.609. The van der Waals surface area contributed by atoms with Crippen LogP contribution in [0.15, 0.2) is 0 Å². The van der Waals surface area contributed by atoms with Crippen molar-refractivity contribution in [1.29, 1.82) is 0 Å². The molecule has 0 bridgehead atoms. The zero-order valence-corrected chi connectivity index (χ0v) is 11.1. The molecule has 1 aliphatic rings. The highest BCUT2D eigenvalue weighted by molar-refractivity contribution is 6.17. The SMILES string of the molecule is Cc1nn(C2CCCCCC2)c(C)c1CCl. The molecule has 1 saturated carbocycles. The van der Waals surface area contributed by atoms with Crippen molar-refractivity contribution in [3.8, 4) is 0 Å². The summed E-state index contributed by atoms with van der Waals surface area (Å²) in [6.07, 6.45) is 8.03. The number of hydrogen-bond acceptors (Lipinski definition) is 1. The van der Waals surface area contributed by atoms with Crippen molar-refractivity contribution in [3.63, 3.8) is 0 Å². The Labute approximate surface area is 103 Å². The van der Waals surface area contributed by atoms with Gasteiger partial charge in [-0.05, 0) is 26.7 Å². The van der Waals surface area contributed by atoms with E-state index in [0.717, 1.165) is 5.69 Å². The van der Waals surface area contributed by atoms with Crippen LogP contribution in [0.3, 0.4) is 0 Å². The molecule has 3 heteroatoms. The number of alkyl halides is 1. The molecular weight excluding hydrogens is 220 g/mol. The summed E-state index contributed by atoms with van der Waals surface area (Å²) in [4.78, 5) is 0. The van der Waals surface area contributed by atoms with Crippen molar-refractivity contribution in [3.05, 3.63) is 17.0 Å². The van der Waals surface area contributed by atoms with Gasteiger partial charge in [0.1, 0.15) is 0 Å². The van der Waals surface area contributed by atoms with E-state index in [9.17, 15) is 0 Å². The first-order valence-corrected chi connectivity index (χ1v) is 6.88. The standard InChI is InChI=1S/C13H21ClN2/c1-10-13(9-14)11(2)16(15-10)12-7-5-3-4-6-8-12/h12H,3-9H2,1-2H3. The highest BCUT2D eigenvalue weighted by Gasteiger charge is 2.19. The summed E-state index contributed by atoms with van der Waals surface area (Å²) in [5.41, 5.74) is 3.61. The molecule has 0 aliphatic heterocycles. The molecule has 1 aromatic heterocycles. The van der Waals surface area contributed by atoms with Gasteiger partial charge in [-0.25, -0.2) is 0 Å². The van der Waals surface area contributed by atoms with E-state index in [1.807, 2.05) is 0 Å². The molecule has 0 radical (unpaired) electrons. The maximum atomic E-state index is 5.97. The topological polar surface area (TPSA) is 17.8 Å². The number of hydrogen-bond donors (Lipinski definition) is 0. The van der Waals surface area contributed by atoms with Crippen molar-refractivity contribution in [1.82, 2.24) is 9.78 Å². The summed E-state index contributed by atoms with van der Waals surface area (Å²) in [7, 11) is 0. The Hall–Kier alpha value is -0.500. The first-order valence-electron chi connectivity index (χ1n) is 6.34. The van der Waals surface area contributed by atoms with E-state index >= 15 is 0 Å². The van der Waals surface area contributed by atoms with Crippen molar-refractivity contribution in [2.24, 2.45) is 0 Å². The fourth-order valence-electron chi connectivity index (χ4n) is 2.75. The molecule has 0 unspecified atom stereocenters. The van der Waals surface area contributed by atoms with Crippen LogP contribution >= 0.6 is 11.6 Å². The molecule has 1 aliphatic carbocycles. The van der Waals surface area contributed by atoms with E-state index in [0.29, 0.717) is 11.9 Å².